The first-order valence-corrected chi connectivity index (χ1v) is 3.78. The van der Waals surface area contributed by atoms with Gasteiger partial charge in [-0.1, -0.05) is 12.1 Å². The minimum Gasteiger partial charge on any atom is -0.316 e. The molecule has 0 atom stereocenters. The van der Waals surface area contributed by atoms with E-state index < -0.39 is 0 Å². The molecule has 0 bridgehead atoms. The van der Waals surface area contributed by atoms with Crippen molar-refractivity contribution in [2.45, 2.75) is 20.4 Å². The number of hydrogen-bond donors (Lipinski definition) is 2. The van der Waals surface area contributed by atoms with Crippen LogP contribution in [0.2, 0.25) is 0 Å². The van der Waals surface area contributed by atoms with E-state index >= 15 is 0 Å². The maximum atomic E-state index is 13.3. The van der Waals surface area contributed by atoms with Gasteiger partial charge >= 0.3 is 0 Å². The van der Waals surface area contributed by atoms with Gasteiger partial charge in [-0.25, -0.2) is 9.87 Å². The lowest BCUT2D eigenvalue weighted by molar-refractivity contribution is 0.159. The molecule has 2 N–H and O–H groups in total. The Morgan fingerprint density at radius 1 is 1.33 bits per heavy atom. The molecule has 0 amide bonds. The van der Waals surface area contributed by atoms with Crippen LogP contribution in [-0.4, -0.2) is 5.21 Å². The Labute approximate surface area is 71.0 Å². The first kappa shape index (κ1) is 9.16. The minimum atomic E-state index is -0.239. The van der Waals surface area contributed by atoms with Crippen LogP contribution in [0.15, 0.2) is 12.1 Å². The summed E-state index contributed by atoms with van der Waals surface area (Å²) in [5, 5.41) is 8.44. The van der Waals surface area contributed by atoms with Gasteiger partial charge in [0.15, 0.2) is 0 Å². The monoisotopic (exact) mass is 169 g/mol. The average Bonchev–Trinajstić information content (AvgIpc) is 2.06. The van der Waals surface area contributed by atoms with Crippen LogP contribution >= 0.6 is 0 Å². The molecule has 66 valence electrons. The normalized spacial score (nSPS) is 10.3. The number of hydroxylamine groups is 1. The molecule has 0 heterocycles. The molecule has 3 heteroatoms. The summed E-state index contributed by atoms with van der Waals surface area (Å²) in [6, 6.07) is 3.57. The van der Waals surface area contributed by atoms with Crippen LogP contribution in [0.5, 0.6) is 0 Å². The molecule has 0 unspecified atom stereocenters. The van der Waals surface area contributed by atoms with E-state index in [0.29, 0.717) is 11.1 Å². The summed E-state index contributed by atoms with van der Waals surface area (Å²) in [5.74, 6) is -0.239. The van der Waals surface area contributed by atoms with E-state index in [1.165, 1.54) is 0 Å². The Bertz CT molecular complexity index is 286. The Hall–Kier alpha value is -0.930. The van der Waals surface area contributed by atoms with Crippen molar-refractivity contribution in [3.8, 4) is 0 Å². The van der Waals surface area contributed by atoms with E-state index in [1.807, 2.05) is 18.5 Å². The SMILES string of the molecule is Cc1ccc(C)c(CNO)c1F. The van der Waals surface area contributed by atoms with Crippen molar-refractivity contribution in [2.75, 3.05) is 0 Å². The highest BCUT2D eigenvalue weighted by molar-refractivity contribution is 5.32. The molecular formula is C9H12FNO. The summed E-state index contributed by atoms with van der Waals surface area (Å²) in [6.45, 7) is 3.67. The topological polar surface area (TPSA) is 32.3 Å². The van der Waals surface area contributed by atoms with Crippen molar-refractivity contribution in [1.29, 1.82) is 0 Å². The molecule has 0 aliphatic carbocycles. The number of halogens is 1. The van der Waals surface area contributed by atoms with Gasteiger partial charge in [-0.05, 0) is 25.0 Å². The number of benzene rings is 1. The highest BCUT2D eigenvalue weighted by Gasteiger charge is 2.06. The Balaban J connectivity index is 3.14. The van der Waals surface area contributed by atoms with Crippen molar-refractivity contribution in [3.63, 3.8) is 0 Å². The number of hydrogen-bond acceptors (Lipinski definition) is 2. The second-order valence-electron chi connectivity index (χ2n) is 2.83. The first-order valence-electron chi connectivity index (χ1n) is 3.78. The minimum absolute atomic E-state index is 0.152. The molecule has 0 radical (unpaired) electrons. The fourth-order valence-corrected chi connectivity index (χ4v) is 1.13. The molecule has 0 saturated carbocycles. The molecule has 1 rings (SSSR count). The van der Waals surface area contributed by atoms with Crippen molar-refractivity contribution in [2.24, 2.45) is 0 Å². The molecule has 0 aliphatic heterocycles. The summed E-state index contributed by atoms with van der Waals surface area (Å²) in [7, 11) is 0. The average molecular weight is 169 g/mol. The number of rotatable bonds is 2. The van der Waals surface area contributed by atoms with Gasteiger partial charge in [0, 0.05) is 12.1 Å². The molecule has 0 saturated heterocycles. The Morgan fingerprint density at radius 2 is 1.92 bits per heavy atom. The van der Waals surface area contributed by atoms with Crippen LogP contribution in [0.4, 0.5) is 4.39 Å². The lowest BCUT2D eigenvalue weighted by Crippen LogP contribution is -2.10. The molecule has 1 aromatic carbocycles. The lowest BCUT2D eigenvalue weighted by Gasteiger charge is -2.07. The highest BCUT2D eigenvalue weighted by atomic mass is 19.1. The summed E-state index contributed by atoms with van der Waals surface area (Å²) >= 11 is 0. The largest absolute Gasteiger partial charge is 0.316 e. The van der Waals surface area contributed by atoms with Crippen LogP contribution in [0.3, 0.4) is 0 Å². The second-order valence-corrected chi connectivity index (χ2v) is 2.83. The molecule has 0 aliphatic rings. The highest BCUT2D eigenvalue weighted by Crippen LogP contribution is 2.16. The van der Waals surface area contributed by atoms with Gasteiger partial charge in [0.25, 0.3) is 0 Å². The standard InChI is InChI=1S/C9H12FNO/c1-6-3-4-7(2)9(10)8(6)5-11-12/h3-4,11-12H,5H2,1-2H3. The van der Waals surface area contributed by atoms with E-state index in [9.17, 15) is 4.39 Å². The van der Waals surface area contributed by atoms with Gasteiger partial charge in [0.05, 0.1) is 0 Å². The van der Waals surface area contributed by atoms with Crippen molar-refractivity contribution < 1.29 is 9.60 Å². The molecule has 0 spiro atoms. The van der Waals surface area contributed by atoms with Crippen molar-refractivity contribution in [1.82, 2.24) is 5.48 Å². The zero-order valence-corrected chi connectivity index (χ0v) is 7.19. The summed E-state index contributed by atoms with van der Waals surface area (Å²) < 4.78 is 13.3. The van der Waals surface area contributed by atoms with Crippen LogP contribution in [-0.2, 0) is 6.54 Å². The van der Waals surface area contributed by atoms with E-state index in [0.717, 1.165) is 5.56 Å². The number of nitrogens with one attached hydrogen (secondary N) is 1. The maximum absolute atomic E-state index is 13.3. The van der Waals surface area contributed by atoms with Crippen molar-refractivity contribution in [3.05, 3.63) is 34.6 Å². The van der Waals surface area contributed by atoms with Crippen LogP contribution < -0.4 is 5.48 Å². The predicted octanol–water partition coefficient (Wildman–Crippen LogP) is 1.92. The van der Waals surface area contributed by atoms with Gasteiger partial charge in [0.1, 0.15) is 5.82 Å². The smallest absolute Gasteiger partial charge is 0.130 e. The van der Waals surface area contributed by atoms with Crippen molar-refractivity contribution >= 4 is 0 Å². The van der Waals surface area contributed by atoms with Crippen LogP contribution in [0, 0.1) is 19.7 Å². The molecule has 0 fully saturated rings. The summed E-state index contributed by atoms with van der Waals surface area (Å²) in [4.78, 5) is 0. The zero-order chi connectivity index (χ0) is 9.14. The fraction of sp³-hybridized carbons (Fsp3) is 0.333. The fourth-order valence-electron chi connectivity index (χ4n) is 1.13. The van der Waals surface area contributed by atoms with E-state index in [1.54, 1.807) is 13.0 Å². The molecular weight excluding hydrogens is 157 g/mol. The predicted molar refractivity (Wildman–Crippen MR) is 44.5 cm³/mol. The van der Waals surface area contributed by atoms with Gasteiger partial charge in [-0.3, -0.25) is 0 Å². The van der Waals surface area contributed by atoms with Crippen LogP contribution in [0.1, 0.15) is 16.7 Å². The van der Waals surface area contributed by atoms with Gasteiger partial charge < -0.3 is 5.21 Å². The summed E-state index contributed by atoms with van der Waals surface area (Å²) in [6.07, 6.45) is 0. The van der Waals surface area contributed by atoms with E-state index in [4.69, 9.17) is 5.21 Å². The zero-order valence-electron chi connectivity index (χ0n) is 7.19. The molecule has 0 aromatic heterocycles. The summed E-state index contributed by atoms with van der Waals surface area (Å²) in [5.41, 5.74) is 3.93. The third-order valence-corrected chi connectivity index (χ3v) is 1.93. The Kier molecular flexibility index (Phi) is 2.78. The molecule has 12 heavy (non-hydrogen) atoms. The lowest BCUT2D eigenvalue weighted by atomic mass is 10.0. The van der Waals surface area contributed by atoms with Gasteiger partial charge in [0.2, 0.25) is 0 Å². The van der Waals surface area contributed by atoms with Gasteiger partial charge in [-0.15, -0.1) is 0 Å². The number of aryl methyl sites for hydroxylation is 2. The molecule has 1 aromatic rings. The first-order chi connectivity index (χ1) is 5.66. The Morgan fingerprint density at radius 3 is 2.50 bits per heavy atom. The van der Waals surface area contributed by atoms with Gasteiger partial charge in [-0.2, -0.15) is 0 Å². The second kappa shape index (κ2) is 3.65. The van der Waals surface area contributed by atoms with E-state index in [-0.39, 0.29) is 12.4 Å². The maximum Gasteiger partial charge on any atom is 0.130 e. The van der Waals surface area contributed by atoms with Crippen LogP contribution in [0.25, 0.3) is 0 Å². The molecule has 2 nitrogen and oxygen atoms in total. The third kappa shape index (κ3) is 1.62. The third-order valence-electron chi connectivity index (χ3n) is 1.93. The quantitative estimate of drug-likeness (QED) is 0.663. The van der Waals surface area contributed by atoms with E-state index in [2.05, 4.69) is 0 Å².